The van der Waals surface area contributed by atoms with Gasteiger partial charge in [0.15, 0.2) is 0 Å². The van der Waals surface area contributed by atoms with Crippen LogP contribution in [-0.4, -0.2) is 27.8 Å². The number of halogens is 2. The van der Waals surface area contributed by atoms with Crippen molar-refractivity contribution in [1.29, 1.82) is 0 Å². The Hall–Kier alpha value is -3.61. The molecule has 4 aromatic rings. The van der Waals surface area contributed by atoms with E-state index in [2.05, 4.69) is 10.5 Å². The number of aromatic nitrogens is 1. The molecule has 0 radical (unpaired) electrons. The highest BCUT2D eigenvalue weighted by Crippen LogP contribution is 2.32. The number of nitrogens with zero attached hydrogens (tertiary/aromatic N) is 2. The van der Waals surface area contributed by atoms with Crippen molar-refractivity contribution < 1.29 is 14.6 Å². The Morgan fingerprint density at radius 2 is 1.75 bits per heavy atom. The predicted molar refractivity (Wildman–Crippen MR) is 145 cm³/mol. The fourth-order valence-electron chi connectivity index (χ4n) is 3.75. The molecule has 1 amide bonds. The number of carbonyl (C=O) groups is 1. The van der Waals surface area contributed by atoms with Crippen molar-refractivity contribution >= 4 is 45.7 Å². The van der Waals surface area contributed by atoms with E-state index in [0.717, 1.165) is 16.9 Å². The number of benzene rings is 3. The van der Waals surface area contributed by atoms with E-state index in [1.165, 1.54) is 12.1 Å². The standard InChI is InChI=1S/C28H25Cl2N3O3/c1-15(2)36-20-8-6-18(7-9-20)26-14-23(22-11-16(3)5-10-25(22)31-26)28(35)33-32-17(4)21-12-19(29)13-24(30)27(21)34/h5-15,34H,1-4H3,(H,33,35). The molecule has 1 aromatic heterocycles. The van der Waals surface area contributed by atoms with E-state index in [-0.39, 0.29) is 16.9 Å². The Kier molecular flexibility index (Phi) is 7.48. The lowest BCUT2D eigenvalue weighted by molar-refractivity contribution is 0.0956. The molecule has 184 valence electrons. The highest BCUT2D eigenvalue weighted by molar-refractivity contribution is 6.36. The Bertz CT molecular complexity index is 1480. The van der Waals surface area contributed by atoms with Gasteiger partial charge in [-0.25, -0.2) is 10.4 Å². The molecule has 36 heavy (non-hydrogen) atoms. The zero-order valence-electron chi connectivity index (χ0n) is 20.3. The lowest BCUT2D eigenvalue weighted by Gasteiger charge is -2.12. The summed E-state index contributed by atoms with van der Waals surface area (Å²) in [5, 5.41) is 15.6. The molecule has 0 fully saturated rings. The van der Waals surface area contributed by atoms with Gasteiger partial charge in [0.25, 0.3) is 5.91 Å². The van der Waals surface area contributed by atoms with Crippen LogP contribution in [0.25, 0.3) is 22.2 Å². The molecule has 0 aliphatic rings. The Morgan fingerprint density at radius 1 is 1.03 bits per heavy atom. The van der Waals surface area contributed by atoms with Crippen LogP contribution in [0.2, 0.25) is 10.0 Å². The fourth-order valence-corrected chi connectivity index (χ4v) is 4.24. The number of phenols is 1. The van der Waals surface area contributed by atoms with E-state index >= 15 is 0 Å². The van der Waals surface area contributed by atoms with E-state index < -0.39 is 5.91 Å². The number of hydrazone groups is 1. The second-order valence-electron chi connectivity index (χ2n) is 8.69. The summed E-state index contributed by atoms with van der Waals surface area (Å²) in [4.78, 5) is 18.1. The molecule has 0 saturated carbocycles. The van der Waals surface area contributed by atoms with Gasteiger partial charge in [-0.1, -0.05) is 34.8 Å². The van der Waals surface area contributed by atoms with Gasteiger partial charge in [0.2, 0.25) is 0 Å². The molecule has 0 aliphatic carbocycles. The summed E-state index contributed by atoms with van der Waals surface area (Å²) < 4.78 is 5.73. The third-order valence-corrected chi connectivity index (χ3v) is 5.98. The summed E-state index contributed by atoms with van der Waals surface area (Å²) in [5.41, 5.74) is 6.86. The van der Waals surface area contributed by atoms with Gasteiger partial charge in [-0.05, 0) is 82.3 Å². The molecule has 0 unspecified atom stereocenters. The average Bonchev–Trinajstić information content (AvgIpc) is 2.84. The van der Waals surface area contributed by atoms with E-state index in [1.807, 2.05) is 63.2 Å². The summed E-state index contributed by atoms with van der Waals surface area (Å²) in [6.45, 7) is 7.54. The van der Waals surface area contributed by atoms with Crippen molar-refractivity contribution in [3.8, 4) is 22.8 Å². The maximum absolute atomic E-state index is 13.3. The first kappa shape index (κ1) is 25.5. The highest BCUT2D eigenvalue weighted by Gasteiger charge is 2.16. The van der Waals surface area contributed by atoms with Gasteiger partial charge < -0.3 is 9.84 Å². The van der Waals surface area contributed by atoms with Gasteiger partial charge in [-0.3, -0.25) is 4.79 Å². The SMILES string of the molecule is CC(=NNC(=O)c1cc(-c2ccc(OC(C)C)cc2)nc2ccc(C)cc12)c1cc(Cl)cc(Cl)c1O. The largest absolute Gasteiger partial charge is 0.506 e. The number of nitrogens with one attached hydrogen (secondary N) is 1. The summed E-state index contributed by atoms with van der Waals surface area (Å²) in [5.74, 6) is 0.187. The first-order valence-electron chi connectivity index (χ1n) is 11.3. The molecule has 0 spiro atoms. The number of aryl methyl sites for hydroxylation is 1. The number of ether oxygens (including phenoxy) is 1. The molecular weight excluding hydrogens is 497 g/mol. The lowest BCUT2D eigenvalue weighted by atomic mass is 10.0. The molecule has 1 heterocycles. The monoisotopic (exact) mass is 521 g/mol. The topological polar surface area (TPSA) is 83.8 Å². The van der Waals surface area contributed by atoms with Crippen molar-refractivity contribution in [2.75, 3.05) is 0 Å². The zero-order chi connectivity index (χ0) is 26.0. The van der Waals surface area contributed by atoms with Crippen LogP contribution in [0.15, 0.2) is 65.8 Å². The maximum atomic E-state index is 13.3. The molecule has 4 rings (SSSR count). The van der Waals surface area contributed by atoms with Crippen LogP contribution >= 0.6 is 23.2 Å². The molecule has 8 heteroatoms. The van der Waals surface area contributed by atoms with Crippen LogP contribution < -0.4 is 10.2 Å². The summed E-state index contributed by atoms with van der Waals surface area (Å²) in [6, 6.07) is 18.1. The van der Waals surface area contributed by atoms with Crippen LogP contribution in [0.3, 0.4) is 0 Å². The summed E-state index contributed by atoms with van der Waals surface area (Å²) >= 11 is 12.1. The zero-order valence-corrected chi connectivity index (χ0v) is 21.8. The number of amides is 1. The van der Waals surface area contributed by atoms with Crippen LogP contribution in [0.1, 0.15) is 42.3 Å². The Morgan fingerprint density at radius 3 is 2.44 bits per heavy atom. The molecule has 0 atom stereocenters. The minimum Gasteiger partial charge on any atom is -0.506 e. The average molecular weight is 522 g/mol. The van der Waals surface area contributed by atoms with Gasteiger partial charge in [-0.2, -0.15) is 5.10 Å². The van der Waals surface area contributed by atoms with Crippen molar-refractivity contribution in [2.45, 2.75) is 33.8 Å². The molecule has 0 saturated heterocycles. The quantitative estimate of drug-likeness (QED) is 0.208. The van der Waals surface area contributed by atoms with Gasteiger partial charge in [0, 0.05) is 21.5 Å². The minimum absolute atomic E-state index is 0.0713. The van der Waals surface area contributed by atoms with E-state index in [0.29, 0.717) is 38.5 Å². The van der Waals surface area contributed by atoms with Crippen molar-refractivity contribution in [3.63, 3.8) is 0 Å². The first-order chi connectivity index (χ1) is 17.1. The number of pyridine rings is 1. The number of carbonyl (C=O) groups excluding carboxylic acids is 1. The predicted octanol–water partition coefficient (Wildman–Crippen LogP) is 7.16. The highest BCUT2D eigenvalue weighted by atomic mass is 35.5. The lowest BCUT2D eigenvalue weighted by Crippen LogP contribution is -2.20. The first-order valence-corrected chi connectivity index (χ1v) is 12.1. The van der Waals surface area contributed by atoms with Crippen molar-refractivity contribution in [1.82, 2.24) is 10.4 Å². The molecule has 0 aliphatic heterocycles. The minimum atomic E-state index is -0.416. The van der Waals surface area contributed by atoms with Crippen LogP contribution in [-0.2, 0) is 0 Å². The smallest absolute Gasteiger partial charge is 0.272 e. The summed E-state index contributed by atoms with van der Waals surface area (Å²) in [7, 11) is 0. The van der Waals surface area contributed by atoms with E-state index in [1.54, 1.807) is 13.0 Å². The van der Waals surface area contributed by atoms with Crippen molar-refractivity contribution in [2.24, 2.45) is 5.10 Å². The molecule has 6 nitrogen and oxygen atoms in total. The van der Waals surface area contributed by atoms with Crippen LogP contribution in [0, 0.1) is 6.92 Å². The van der Waals surface area contributed by atoms with Crippen LogP contribution in [0.4, 0.5) is 0 Å². The summed E-state index contributed by atoms with van der Waals surface area (Å²) in [6.07, 6.45) is 0.0713. The Balaban J connectivity index is 1.71. The van der Waals surface area contributed by atoms with Crippen molar-refractivity contribution in [3.05, 3.63) is 87.4 Å². The van der Waals surface area contributed by atoms with Gasteiger partial charge in [-0.15, -0.1) is 0 Å². The molecule has 2 N–H and O–H groups in total. The van der Waals surface area contributed by atoms with Crippen LogP contribution in [0.5, 0.6) is 11.5 Å². The van der Waals surface area contributed by atoms with E-state index in [4.69, 9.17) is 32.9 Å². The molecular formula is C28H25Cl2N3O3. The Labute approximate surface area is 219 Å². The normalized spacial score (nSPS) is 11.7. The number of fused-ring (bicyclic) bond motifs is 1. The fraction of sp³-hybridized carbons (Fsp3) is 0.179. The number of aromatic hydroxyl groups is 1. The third-order valence-electron chi connectivity index (χ3n) is 5.47. The van der Waals surface area contributed by atoms with Gasteiger partial charge in [0.05, 0.1) is 33.6 Å². The van der Waals surface area contributed by atoms with Gasteiger partial charge >= 0.3 is 0 Å². The number of rotatable bonds is 6. The third kappa shape index (κ3) is 5.61. The number of hydrogen-bond acceptors (Lipinski definition) is 5. The number of hydrogen-bond donors (Lipinski definition) is 2. The second kappa shape index (κ2) is 10.6. The number of phenolic OH excluding ortho intramolecular Hbond substituents is 1. The second-order valence-corrected chi connectivity index (χ2v) is 9.53. The molecule has 3 aromatic carbocycles. The van der Waals surface area contributed by atoms with E-state index in [9.17, 15) is 9.90 Å². The maximum Gasteiger partial charge on any atom is 0.272 e. The van der Waals surface area contributed by atoms with Gasteiger partial charge in [0.1, 0.15) is 11.5 Å². The molecule has 0 bridgehead atoms.